The minimum absolute atomic E-state index is 0.0300. The van der Waals surface area contributed by atoms with Crippen LogP contribution in [-0.4, -0.2) is 54.7 Å². The maximum Gasteiger partial charge on any atom is 0.322 e. The van der Waals surface area contributed by atoms with Gasteiger partial charge in [-0.05, 0) is 31.9 Å². The van der Waals surface area contributed by atoms with Crippen LogP contribution in [0.15, 0.2) is 24.3 Å². The highest BCUT2D eigenvalue weighted by Crippen LogP contribution is 2.28. The molecule has 2 aliphatic rings. The topological polar surface area (TPSA) is 44.8 Å². The van der Waals surface area contributed by atoms with Gasteiger partial charge in [-0.15, -0.1) is 0 Å². The van der Waals surface area contributed by atoms with E-state index in [1.54, 1.807) is 0 Å². The van der Waals surface area contributed by atoms with E-state index in [0.29, 0.717) is 6.61 Å². The summed E-state index contributed by atoms with van der Waals surface area (Å²) in [6.45, 7) is 6.12. The van der Waals surface area contributed by atoms with Gasteiger partial charge < -0.3 is 15.0 Å². The molecular formula is C16H23N3O2. The second-order valence-corrected chi connectivity index (χ2v) is 5.61. The summed E-state index contributed by atoms with van der Waals surface area (Å²) in [5, 5.41) is 2.97. The third-order valence-electron chi connectivity index (χ3n) is 4.09. The van der Waals surface area contributed by atoms with Gasteiger partial charge in [0.25, 0.3) is 0 Å². The lowest BCUT2D eigenvalue weighted by Gasteiger charge is -2.34. The molecule has 1 aliphatic carbocycles. The molecular weight excluding hydrogens is 266 g/mol. The van der Waals surface area contributed by atoms with Gasteiger partial charge in [0.15, 0.2) is 0 Å². The van der Waals surface area contributed by atoms with E-state index in [2.05, 4.69) is 10.2 Å². The van der Waals surface area contributed by atoms with E-state index in [9.17, 15) is 4.79 Å². The Balaban J connectivity index is 1.56. The zero-order valence-electron chi connectivity index (χ0n) is 12.5. The lowest BCUT2D eigenvalue weighted by atomic mass is 10.3. The van der Waals surface area contributed by atoms with Crippen molar-refractivity contribution in [3.05, 3.63) is 24.3 Å². The molecule has 1 heterocycles. The van der Waals surface area contributed by atoms with Gasteiger partial charge >= 0.3 is 6.03 Å². The first-order valence-electron chi connectivity index (χ1n) is 7.79. The molecule has 0 unspecified atom stereocenters. The Labute approximate surface area is 125 Å². The Morgan fingerprint density at radius 3 is 2.62 bits per heavy atom. The molecule has 5 heteroatoms. The summed E-state index contributed by atoms with van der Waals surface area (Å²) in [4.78, 5) is 16.7. The molecule has 0 bridgehead atoms. The van der Waals surface area contributed by atoms with Crippen molar-refractivity contribution in [2.75, 3.05) is 38.1 Å². The van der Waals surface area contributed by atoms with E-state index in [0.717, 1.165) is 43.7 Å². The first-order valence-corrected chi connectivity index (χ1v) is 7.79. The van der Waals surface area contributed by atoms with E-state index in [4.69, 9.17) is 4.74 Å². The number of nitrogens with one attached hydrogen (secondary N) is 1. The Hall–Kier alpha value is -1.75. The largest absolute Gasteiger partial charge is 0.492 e. The van der Waals surface area contributed by atoms with Gasteiger partial charge in [-0.25, -0.2) is 4.79 Å². The molecule has 5 nitrogen and oxygen atoms in total. The highest BCUT2D eigenvalue weighted by molar-refractivity contribution is 5.91. The fraction of sp³-hybridized carbons (Fsp3) is 0.562. The Kier molecular flexibility index (Phi) is 4.29. The average Bonchev–Trinajstić information content (AvgIpc) is 3.34. The number of piperazine rings is 1. The first-order chi connectivity index (χ1) is 10.3. The van der Waals surface area contributed by atoms with Crippen LogP contribution < -0.4 is 10.1 Å². The molecule has 0 spiro atoms. The molecule has 1 N–H and O–H groups in total. The van der Waals surface area contributed by atoms with Crippen molar-refractivity contribution in [1.82, 2.24) is 9.80 Å². The number of para-hydroxylation sites is 2. The second kappa shape index (κ2) is 6.35. The number of ether oxygens (including phenoxy) is 1. The van der Waals surface area contributed by atoms with Crippen LogP contribution in [0.3, 0.4) is 0 Å². The molecule has 21 heavy (non-hydrogen) atoms. The van der Waals surface area contributed by atoms with Gasteiger partial charge in [0.05, 0.1) is 12.3 Å². The summed E-state index contributed by atoms with van der Waals surface area (Å²) in [5.41, 5.74) is 0.744. The van der Waals surface area contributed by atoms with Crippen LogP contribution in [0.1, 0.15) is 19.8 Å². The van der Waals surface area contributed by atoms with Crippen molar-refractivity contribution in [2.24, 2.45) is 0 Å². The van der Waals surface area contributed by atoms with Crippen molar-refractivity contribution in [2.45, 2.75) is 25.8 Å². The first kappa shape index (κ1) is 14.2. The Morgan fingerprint density at radius 1 is 1.24 bits per heavy atom. The molecule has 3 rings (SSSR count). The summed E-state index contributed by atoms with van der Waals surface area (Å²) in [7, 11) is 0. The second-order valence-electron chi connectivity index (χ2n) is 5.61. The molecule has 1 saturated heterocycles. The van der Waals surface area contributed by atoms with Gasteiger partial charge in [0.1, 0.15) is 5.75 Å². The average molecular weight is 289 g/mol. The van der Waals surface area contributed by atoms with Crippen LogP contribution >= 0.6 is 0 Å². The van der Waals surface area contributed by atoms with E-state index in [1.807, 2.05) is 36.1 Å². The van der Waals surface area contributed by atoms with Crippen molar-refractivity contribution >= 4 is 11.7 Å². The summed E-state index contributed by atoms with van der Waals surface area (Å²) in [5.74, 6) is 0.727. The standard InChI is InChI=1S/C16H23N3O2/c1-2-21-15-6-4-3-5-14(15)17-16(20)19-11-9-18(10-12-19)13-7-8-13/h3-6,13H,2,7-12H2,1H3,(H,17,20). The fourth-order valence-corrected chi connectivity index (χ4v) is 2.78. The summed E-state index contributed by atoms with van der Waals surface area (Å²) in [6, 6.07) is 8.33. The van der Waals surface area contributed by atoms with Gasteiger partial charge in [-0.3, -0.25) is 4.90 Å². The zero-order chi connectivity index (χ0) is 14.7. The van der Waals surface area contributed by atoms with Crippen molar-refractivity contribution in [3.63, 3.8) is 0 Å². The molecule has 114 valence electrons. The predicted octanol–water partition coefficient (Wildman–Crippen LogP) is 2.40. The van der Waals surface area contributed by atoms with E-state index >= 15 is 0 Å². The van der Waals surface area contributed by atoms with Crippen molar-refractivity contribution < 1.29 is 9.53 Å². The number of rotatable bonds is 4. The number of carbonyl (C=O) groups excluding carboxylic acids is 1. The number of anilines is 1. The minimum atomic E-state index is -0.0300. The molecule has 0 atom stereocenters. The number of hydrogen-bond acceptors (Lipinski definition) is 3. The van der Waals surface area contributed by atoms with Gasteiger partial charge in [-0.2, -0.15) is 0 Å². The summed E-state index contributed by atoms with van der Waals surface area (Å²) >= 11 is 0. The maximum atomic E-state index is 12.4. The Bertz CT molecular complexity index is 494. The van der Waals surface area contributed by atoms with Crippen molar-refractivity contribution in [3.8, 4) is 5.75 Å². The smallest absolute Gasteiger partial charge is 0.322 e. The molecule has 1 aliphatic heterocycles. The minimum Gasteiger partial charge on any atom is -0.492 e. The van der Waals surface area contributed by atoms with Crippen molar-refractivity contribution in [1.29, 1.82) is 0 Å². The van der Waals surface area contributed by atoms with Crippen LogP contribution in [0, 0.1) is 0 Å². The van der Waals surface area contributed by atoms with Crippen LogP contribution in [0.4, 0.5) is 10.5 Å². The normalized spacial score (nSPS) is 19.4. The number of nitrogens with zero attached hydrogens (tertiary/aromatic N) is 2. The molecule has 0 aromatic heterocycles. The number of urea groups is 1. The summed E-state index contributed by atoms with van der Waals surface area (Å²) < 4.78 is 5.54. The van der Waals surface area contributed by atoms with Crippen LogP contribution in [-0.2, 0) is 0 Å². The lowest BCUT2D eigenvalue weighted by Crippen LogP contribution is -2.50. The van der Waals surface area contributed by atoms with E-state index < -0.39 is 0 Å². The highest BCUT2D eigenvalue weighted by Gasteiger charge is 2.32. The monoisotopic (exact) mass is 289 g/mol. The summed E-state index contributed by atoms with van der Waals surface area (Å²) in [6.07, 6.45) is 2.65. The van der Waals surface area contributed by atoms with E-state index in [-0.39, 0.29) is 6.03 Å². The third-order valence-corrected chi connectivity index (χ3v) is 4.09. The number of amides is 2. The molecule has 2 fully saturated rings. The van der Waals surface area contributed by atoms with E-state index in [1.165, 1.54) is 12.8 Å². The van der Waals surface area contributed by atoms with Gasteiger partial charge in [0, 0.05) is 32.2 Å². The maximum absolute atomic E-state index is 12.4. The SMILES string of the molecule is CCOc1ccccc1NC(=O)N1CCN(C2CC2)CC1. The molecule has 1 aromatic carbocycles. The zero-order valence-corrected chi connectivity index (χ0v) is 12.5. The number of hydrogen-bond donors (Lipinski definition) is 1. The quantitative estimate of drug-likeness (QED) is 0.925. The fourth-order valence-electron chi connectivity index (χ4n) is 2.78. The predicted molar refractivity (Wildman–Crippen MR) is 82.8 cm³/mol. The molecule has 1 saturated carbocycles. The van der Waals surface area contributed by atoms with Crippen LogP contribution in [0.2, 0.25) is 0 Å². The Morgan fingerprint density at radius 2 is 1.95 bits per heavy atom. The molecule has 2 amide bonds. The number of carbonyl (C=O) groups is 1. The number of benzene rings is 1. The molecule has 0 radical (unpaired) electrons. The lowest BCUT2D eigenvalue weighted by molar-refractivity contribution is 0.142. The third kappa shape index (κ3) is 3.47. The molecule has 1 aromatic rings. The highest BCUT2D eigenvalue weighted by atomic mass is 16.5. The van der Waals surface area contributed by atoms with Gasteiger partial charge in [0.2, 0.25) is 0 Å². The van der Waals surface area contributed by atoms with Gasteiger partial charge in [-0.1, -0.05) is 12.1 Å². The van der Waals surface area contributed by atoms with Crippen LogP contribution in [0.25, 0.3) is 0 Å². The van der Waals surface area contributed by atoms with Crippen LogP contribution in [0.5, 0.6) is 5.75 Å².